The molecule has 0 saturated carbocycles. The van der Waals surface area contributed by atoms with Gasteiger partial charge in [0.2, 0.25) is 0 Å². The van der Waals surface area contributed by atoms with E-state index in [1.54, 1.807) is 6.20 Å². The molecule has 0 spiro atoms. The lowest BCUT2D eigenvalue weighted by atomic mass is 10.1. The lowest BCUT2D eigenvalue weighted by Gasteiger charge is -2.35. The fourth-order valence-electron chi connectivity index (χ4n) is 1.28. The van der Waals surface area contributed by atoms with Crippen molar-refractivity contribution in [3.63, 3.8) is 0 Å². The van der Waals surface area contributed by atoms with Crippen molar-refractivity contribution in [1.29, 1.82) is 0 Å². The SMILES string of the molecule is CCOc1cccnc1N(C)C(C)(C)CBr. The van der Waals surface area contributed by atoms with Gasteiger partial charge in [-0.25, -0.2) is 4.98 Å². The van der Waals surface area contributed by atoms with E-state index in [9.17, 15) is 0 Å². The second-order valence-electron chi connectivity index (χ2n) is 4.26. The number of rotatable bonds is 5. The van der Waals surface area contributed by atoms with Gasteiger partial charge in [0.1, 0.15) is 0 Å². The van der Waals surface area contributed by atoms with Gasteiger partial charge >= 0.3 is 0 Å². The van der Waals surface area contributed by atoms with Crippen LogP contribution in [-0.2, 0) is 0 Å². The molecule has 1 aromatic heterocycles. The molecule has 1 heterocycles. The summed E-state index contributed by atoms with van der Waals surface area (Å²) in [5.41, 5.74) is 0.000203. The second-order valence-corrected chi connectivity index (χ2v) is 4.82. The van der Waals surface area contributed by atoms with Crippen LogP contribution in [0.15, 0.2) is 18.3 Å². The van der Waals surface area contributed by atoms with Crippen molar-refractivity contribution in [1.82, 2.24) is 4.98 Å². The monoisotopic (exact) mass is 286 g/mol. The van der Waals surface area contributed by atoms with Crippen molar-refractivity contribution in [2.75, 3.05) is 23.9 Å². The molecule has 16 heavy (non-hydrogen) atoms. The van der Waals surface area contributed by atoms with Gasteiger partial charge in [0, 0.05) is 24.1 Å². The summed E-state index contributed by atoms with van der Waals surface area (Å²) < 4.78 is 5.58. The van der Waals surface area contributed by atoms with E-state index in [4.69, 9.17) is 4.74 Å². The highest BCUT2D eigenvalue weighted by atomic mass is 79.9. The molecule has 0 aliphatic rings. The summed E-state index contributed by atoms with van der Waals surface area (Å²) in [5, 5.41) is 0.874. The Morgan fingerprint density at radius 2 is 2.19 bits per heavy atom. The van der Waals surface area contributed by atoms with E-state index in [2.05, 4.69) is 39.7 Å². The van der Waals surface area contributed by atoms with Gasteiger partial charge in [0.25, 0.3) is 0 Å². The molecule has 90 valence electrons. The lowest BCUT2D eigenvalue weighted by Crippen LogP contribution is -2.43. The average Bonchev–Trinajstić information content (AvgIpc) is 2.29. The highest BCUT2D eigenvalue weighted by Crippen LogP contribution is 2.30. The number of hydrogen-bond donors (Lipinski definition) is 0. The molecular weight excluding hydrogens is 268 g/mol. The molecule has 0 bridgehead atoms. The normalized spacial score (nSPS) is 11.3. The van der Waals surface area contributed by atoms with Crippen LogP contribution >= 0.6 is 15.9 Å². The molecule has 0 aromatic carbocycles. The van der Waals surface area contributed by atoms with Gasteiger partial charge in [-0.3, -0.25) is 0 Å². The highest BCUT2D eigenvalue weighted by molar-refractivity contribution is 9.09. The molecule has 0 amide bonds. The topological polar surface area (TPSA) is 25.4 Å². The van der Waals surface area contributed by atoms with Crippen LogP contribution in [0.25, 0.3) is 0 Å². The molecule has 0 saturated heterocycles. The summed E-state index contributed by atoms with van der Waals surface area (Å²) in [6.07, 6.45) is 1.79. The smallest absolute Gasteiger partial charge is 0.171 e. The summed E-state index contributed by atoms with van der Waals surface area (Å²) in [7, 11) is 2.03. The maximum atomic E-state index is 5.58. The molecule has 0 fully saturated rings. The molecule has 1 rings (SSSR count). The minimum atomic E-state index is 0.000203. The zero-order valence-corrected chi connectivity index (χ0v) is 11.9. The Kier molecular flexibility index (Phi) is 4.59. The van der Waals surface area contributed by atoms with E-state index in [-0.39, 0.29) is 5.54 Å². The van der Waals surface area contributed by atoms with E-state index >= 15 is 0 Å². The average molecular weight is 287 g/mol. The number of anilines is 1. The van der Waals surface area contributed by atoms with Gasteiger partial charge in [-0.05, 0) is 32.9 Å². The number of ether oxygens (including phenoxy) is 1. The minimum Gasteiger partial charge on any atom is -0.490 e. The van der Waals surface area contributed by atoms with E-state index in [1.807, 2.05) is 26.1 Å². The van der Waals surface area contributed by atoms with Gasteiger partial charge in [0.05, 0.1) is 6.61 Å². The summed E-state index contributed by atoms with van der Waals surface area (Å²) in [6.45, 7) is 6.95. The predicted octanol–water partition coefficient (Wildman–Crippen LogP) is 3.09. The number of aromatic nitrogens is 1. The molecule has 1 aromatic rings. The van der Waals surface area contributed by atoms with Crippen molar-refractivity contribution >= 4 is 21.7 Å². The van der Waals surface area contributed by atoms with Crippen LogP contribution < -0.4 is 9.64 Å². The third-order valence-electron chi connectivity index (χ3n) is 2.60. The maximum absolute atomic E-state index is 5.58. The first-order chi connectivity index (χ1) is 7.53. The zero-order valence-electron chi connectivity index (χ0n) is 10.3. The van der Waals surface area contributed by atoms with Crippen LogP contribution in [0.1, 0.15) is 20.8 Å². The van der Waals surface area contributed by atoms with E-state index < -0.39 is 0 Å². The van der Waals surface area contributed by atoms with Crippen LogP contribution in [-0.4, -0.2) is 29.5 Å². The summed E-state index contributed by atoms with van der Waals surface area (Å²) >= 11 is 3.52. The van der Waals surface area contributed by atoms with Crippen LogP contribution in [0.2, 0.25) is 0 Å². The van der Waals surface area contributed by atoms with Crippen LogP contribution in [0.4, 0.5) is 5.82 Å². The maximum Gasteiger partial charge on any atom is 0.171 e. The lowest BCUT2D eigenvalue weighted by molar-refractivity contribution is 0.337. The standard InChI is InChI=1S/C12H19BrN2O/c1-5-16-10-7-6-8-14-11(10)15(4)12(2,3)9-13/h6-8H,5,9H2,1-4H3. The fourth-order valence-corrected chi connectivity index (χ4v) is 1.65. The van der Waals surface area contributed by atoms with Gasteiger partial charge in [-0.15, -0.1) is 0 Å². The van der Waals surface area contributed by atoms with Gasteiger partial charge in [-0.2, -0.15) is 0 Å². The Morgan fingerprint density at radius 3 is 2.75 bits per heavy atom. The first-order valence-corrected chi connectivity index (χ1v) is 6.52. The van der Waals surface area contributed by atoms with Crippen molar-refractivity contribution < 1.29 is 4.74 Å². The fraction of sp³-hybridized carbons (Fsp3) is 0.583. The molecule has 0 unspecified atom stereocenters. The Labute approximate surface area is 106 Å². The number of pyridine rings is 1. The third kappa shape index (κ3) is 2.88. The van der Waals surface area contributed by atoms with Crippen molar-refractivity contribution in [3.8, 4) is 5.75 Å². The van der Waals surface area contributed by atoms with E-state index in [0.29, 0.717) is 6.61 Å². The minimum absolute atomic E-state index is 0.000203. The molecule has 0 aliphatic heterocycles. The Bertz CT molecular complexity index is 342. The van der Waals surface area contributed by atoms with Gasteiger partial charge in [-0.1, -0.05) is 15.9 Å². The largest absolute Gasteiger partial charge is 0.490 e. The summed E-state index contributed by atoms with van der Waals surface area (Å²) in [5.74, 6) is 1.72. The van der Waals surface area contributed by atoms with Crippen LogP contribution in [0.5, 0.6) is 5.75 Å². The summed E-state index contributed by atoms with van der Waals surface area (Å²) in [4.78, 5) is 6.52. The molecule has 4 heteroatoms. The molecule has 0 atom stereocenters. The molecular formula is C12H19BrN2O. The van der Waals surface area contributed by atoms with E-state index in [0.717, 1.165) is 16.9 Å². The van der Waals surface area contributed by atoms with Crippen molar-refractivity contribution in [3.05, 3.63) is 18.3 Å². The second kappa shape index (κ2) is 5.53. The van der Waals surface area contributed by atoms with Gasteiger partial charge < -0.3 is 9.64 Å². The predicted molar refractivity (Wildman–Crippen MR) is 71.7 cm³/mol. The number of nitrogens with zero attached hydrogens (tertiary/aromatic N) is 2. The highest BCUT2D eigenvalue weighted by Gasteiger charge is 2.25. The third-order valence-corrected chi connectivity index (χ3v) is 3.98. The number of alkyl halides is 1. The first-order valence-electron chi connectivity index (χ1n) is 5.40. The molecule has 0 N–H and O–H groups in total. The first kappa shape index (κ1) is 13.3. The number of hydrogen-bond acceptors (Lipinski definition) is 3. The van der Waals surface area contributed by atoms with Crippen LogP contribution in [0, 0.1) is 0 Å². The van der Waals surface area contributed by atoms with Crippen molar-refractivity contribution in [2.45, 2.75) is 26.3 Å². The molecule has 3 nitrogen and oxygen atoms in total. The van der Waals surface area contributed by atoms with E-state index in [1.165, 1.54) is 0 Å². The zero-order chi connectivity index (χ0) is 12.2. The Balaban J connectivity index is 3.02. The summed E-state index contributed by atoms with van der Waals surface area (Å²) in [6, 6.07) is 3.84. The molecule has 0 radical (unpaired) electrons. The Hall–Kier alpha value is -0.770. The number of halogens is 1. The van der Waals surface area contributed by atoms with Crippen molar-refractivity contribution in [2.24, 2.45) is 0 Å². The quantitative estimate of drug-likeness (QED) is 0.778. The van der Waals surface area contributed by atoms with Crippen LogP contribution in [0.3, 0.4) is 0 Å². The Morgan fingerprint density at radius 1 is 1.50 bits per heavy atom. The van der Waals surface area contributed by atoms with Gasteiger partial charge in [0.15, 0.2) is 11.6 Å². The molecule has 0 aliphatic carbocycles.